The topological polar surface area (TPSA) is 57.6 Å². The van der Waals surface area contributed by atoms with Crippen molar-refractivity contribution in [2.75, 3.05) is 0 Å². The minimum absolute atomic E-state index is 0.0707. The van der Waals surface area contributed by atoms with Crippen molar-refractivity contribution >= 4 is 46.3 Å². The molecule has 1 saturated heterocycles. The number of hydrogen-bond donors (Lipinski definition) is 1. The zero-order valence-corrected chi connectivity index (χ0v) is 17.0. The number of hydrogen-bond acceptors (Lipinski definition) is 5. The summed E-state index contributed by atoms with van der Waals surface area (Å²) in [6.07, 6.45) is 2.12. The second kappa shape index (κ2) is 6.92. The van der Waals surface area contributed by atoms with Gasteiger partial charge in [-0.15, -0.1) is 34.4 Å². The van der Waals surface area contributed by atoms with Gasteiger partial charge in [-0.3, -0.25) is 9.69 Å². The standard InChI is InChI=1S/C21H15NO3S3/c23-18-11-19-22(18)15(21(24)25)10-17(28-19)14-7-9-27-20(14)13-5-3-12(4-6-13)16-2-1-8-26-16/h1-10,17,19H,11H2,(H,24,25)/t17?,19-/m1/s1. The zero-order valence-electron chi connectivity index (χ0n) is 14.6. The Morgan fingerprint density at radius 1 is 1.04 bits per heavy atom. The average Bonchev–Trinajstić information content (AvgIpc) is 3.38. The maximum Gasteiger partial charge on any atom is 0.352 e. The van der Waals surface area contributed by atoms with Crippen LogP contribution in [0.1, 0.15) is 17.2 Å². The molecule has 1 N–H and O–H groups in total. The Bertz CT molecular complexity index is 1080. The number of benzene rings is 1. The molecule has 4 heterocycles. The first-order valence-electron chi connectivity index (χ1n) is 8.76. The summed E-state index contributed by atoms with van der Waals surface area (Å²) in [7, 11) is 0. The van der Waals surface area contributed by atoms with Gasteiger partial charge in [-0.05, 0) is 45.7 Å². The van der Waals surface area contributed by atoms with Crippen molar-refractivity contribution in [1.29, 1.82) is 0 Å². The van der Waals surface area contributed by atoms with E-state index in [1.165, 1.54) is 15.3 Å². The smallest absolute Gasteiger partial charge is 0.352 e. The van der Waals surface area contributed by atoms with E-state index in [0.717, 1.165) is 16.0 Å². The lowest BCUT2D eigenvalue weighted by Gasteiger charge is -2.44. The van der Waals surface area contributed by atoms with Crippen LogP contribution >= 0.6 is 34.4 Å². The van der Waals surface area contributed by atoms with Crippen molar-refractivity contribution < 1.29 is 14.7 Å². The van der Waals surface area contributed by atoms with E-state index in [1.54, 1.807) is 40.5 Å². The molecule has 1 amide bonds. The van der Waals surface area contributed by atoms with Gasteiger partial charge in [0.1, 0.15) is 5.70 Å². The predicted molar refractivity (Wildman–Crippen MR) is 114 cm³/mol. The van der Waals surface area contributed by atoms with Crippen molar-refractivity contribution in [3.8, 4) is 20.9 Å². The fraction of sp³-hybridized carbons (Fsp3) is 0.143. The maximum absolute atomic E-state index is 11.8. The van der Waals surface area contributed by atoms with E-state index in [0.29, 0.717) is 6.42 Å². The van der Waals surface area contributed by atoms with Gasteiger partial charge in [0.25, 0.3) is 0 Å². The number of rotatable bonds is 4. The van der Waals surface area contributed by atoms with Crippen molar-refractivity contribution in [3.05, 3.63) is 70.6 Å². The number of carbonyl (C=O) groups is 2. The fourth-order valence-corrected chi connectivity index (χ4v) is 6.80. The van der Waals surface area contributed by atoms with Crippen LogP contribution in [0.2, 0.25) is 0 Å². The predicted octanol–water partition coefficient (Wildman–Crippen LogP) is 5.46. The summed E-state index contributed by atoms with van der Waals surface area (Å²) in [6.45, 7) is 0. The molecule has 0 saturated carbocycles. The summed E-state index contributed by atoms with van der Waals surface area (Å²) in [4.78, 5) is 27.2. The lowest BCUT2D eigenvalue weighted by atomic mass is 10.0. The number of carbonyl (C=O) groups excluding carboxylic acids is 1. The summed E-state index contributed by atoms with van der Waals surface area (Å²) in [6, 6.07) is 14.7. The van der Waals surface area contributed by atoms with Crippen LogP contribution in [0.4, 0.5) is 0 Å². The third-order valence-corrected chi connectivity index (χ3v) is 8.23. The Morgan fingerprint density at radius 3 is 2.50 bits per heavy atom. The van der Waals surface area contributed by atoms with E-state index in [4.69, 9.17) is 0 Å². The second-order valence-electron chi connectivity index (χ2n) is 6.60. The van der Waals surface area contributed by atoms with Crippen LogP contribution in [0, 0.1) is 0 Å². The number of carboxylic acids is 1. The van der Waals surface area contributed by atoms with Crippen molar-refractivity contribution in [2.24, 2.45) is 0 Å². The van der Waals surface area contributed by atoms with E-state index < -0.39 is 5.97 Å². The Morgan fingerprint density at radius 2 is 1.82 bits per heavy atom. The monoisotopic (exact) mass is 425 g/mol. The van der Waals surface area contributed by atoms with Gasteiger partial charge in [0.15, 0.2) is 0 Å². The molecule has 1 aromatic carbocycles. The van der Waals surface area contributed by atoms with Gasteiger partial charge in [-0.1, -0.05) is 30.3 Å². The van der Waals surface area contributed by atoms with E-state index in [1.807, 2.05) is 11.4 Å². The number of thiophene rings is 2. The molecule has 28 heavy (non-hydrogen) atoms. The third kappa shape index (κ3) is 2.90. The molecule has 1 unspecified atom stereocenters. The molecule has 2 aliphatic rings. The van der Waals surface area contributed by atoms with Crippen LogP contribution in [0.15, 0.2) is 65.0 Å². The number of carboxylic acid groups (broad SMARTS) is 1. The fourth-order valence-electron chi connectivity index (χ4n) is 3.56. The normalized spacial score (nSPS) is 21.1. The van der Waals surface area contributed by atoms with Gasteiger partial charge in [-0.25, -0.2) is 4.79 Å². The molecule has 1 fully saturated rings. The van der Waals surface area contributed by atoms with Crippen LogP contribution in [-0.2, 0) is 9.59 Å². The first kappa shape index (κ1) is 17.7. The van der Waals surface area contributed by atoms with E-state index >= 15 is 0 Å². The molecule has 0 radical (unpaired) electrons. The molecule has 7 heteroatoms. The van der Waals surface area contributed by atoms with Gasteiger partial charge < -0.3 is 5.11 Å². The second-order valence-corrected chi connectivity index (χ2v) is 9.78. The SMILES string of the molecule is O=C(O)C1=CC(c2ccsc2-c2ccc(-c3cccs3)cc2)S[C@@H]2CC(=O)N12. The van der Waals surface area contributed by atoms with Crippen LogP contribution < -0.4 is 0 Å². The van der Waals surface area contributed by atoms with Crippen LogP contribution in [-0.4, -0.2) is 27.3 Å². The Labute approximate surface area is 174 Å². The van der Waals surface area contributed by atoms with Gasteiger partial charge >= 0.3 is 5.97 Å². The van der Waals surface area contributed by atoms with E-state index in [2.05, 4.69) is 41.8 Å². The van der Waals surface area contributed by atoms with Crippen LogP contribution in [0.3, 0.4) is 0 Å². The van der Waals surface area contributed by atoms with Gasteiger partial charge in [-0.2, -0.15) is 0 Å². The molecule has 140 valence electrons. The first-order chi connectivity index (χ1) is 13.6. The summed E-state index contributed by atoms with van der Waals surface area (Å²) >= 11 is 5.03. The highest BCUT2D eigenvalue weighted by molar-refractivity contribution is 8.00. The lowest BCUT2D eigenvalue weighted by molar-refractivity contribution is -0.146. The van der Waals surface area contributed by atoms with Gasteiger partial charge in [0, 0.05) is 9.75 Å². The maximum atomic E-state index is 11.8. The third-order valence-electron chi connectivity index (χ3n) is 4.95. The number of nitrogens with zero attached hydrogens (tertiary/aromatic N) is 1. The molecule has 3 aromatic rings. The number of thioether (sulfide) groups is 1. The number of amides is 1. The van der Waals surface area contributed by atoms with Crippen molar-refractivity contribution in [2.45, 2.75) is 17.0 Å². The molecular formula is C21H15NO3S3. The summed E-state index contributed by atoms with van der Waals surface area (Å²) in [5.41, 5.74) is 3.54. The molecule has 2 aromatic heterocycles. The Kier molecular flexibility index (Phi) is 4.38. The molecule has 2 atom stereocenters. The summed E-state index contributed by atoms with van der Waals surface area (Å²) in [5.74, 6) is -1.15. The van der Waals surface area contributed by atoms with Gasteiger partial charge in [0.05, 0.1) is 17.0 Å². The quantitative estimate of drug-likeness (QED) is 0.564. The van der Waals surface area contributed by atoms with E-state index in [-0.39, 0.29) is 22.2 Å². The summed E-state index contributed by atoms with van der Waals surface area (Å²) in [5, 5.41) is 13.5. The molecule has 0 aliphatic carbocycles. The average molecular weight is 426 g/mol. The van der Waals surface area contributed by atoms with E-state index in [9.17, 15) is 14.7 Å². The van der Waals surface area contributed by atoms with Crippen LogP contribution in [0.25, 0.3) is 20.9 Å². The first-order valence-corrected chi connectivity index (χ1v) is 11.5. The Balaban J connectivity index is 1.49. The Hall–Kier alpha value is -2.35. The number of β-lactam (4-membered cyclic amide) rings is 1. The lowest BCUT2D eigenvalue weighted by Crippen LogP contribution is -2.53. The minimum atomic E-state index is -1.04. The molecule has 0 bridgehead atoms. The molecule has 0 spiro atoms. The zero-order chi connectivity index (χ0) is 19.3. The molecule has 2 aliphatic heterocycles. The molecular weight excluding hydrogens is 410 g/mol. The highest BCUT2D eigenvalue weighted by atomic mass is 32.2. The highest BCUT2D eigenvalue weighted by Gasteiger charge is 2.45. The largest absolute Gasteiger partial charge is 0.477 e. The number of fused-ring (bicyclic) bond motifs is 1. The number of aliphatic carboxylic acids is 1. The molecule has 5 rings (SSSR count). The van der Waals surface area contributed by atoms with Crippen molar-refractivity contribution in [1.82, 2.24) is 4.90 Å². The van der Waals surface area contributed by atoms with Gasteiger partial charge in [0.2, 0.25) is 5.91 Å². The van der Waals surface area contributed by atoms with Crippen LogP contribution in [0.5, 0.6) is 0 Å². The van der Waals surface area contributed by atoms with Crippen molar-refractivity contribution in [3.63, 3.8) is 0 Å². The minimum Gasteiger partial charge on any atom is -0.477 e. The molecule has 4 nitrogen and oxygen atoms in total. The highest BCUT2D eigenvalue weighted by Crippen LogP contribution is 2.50. The summed E-state index contributed by atoms with van der Waals surface area (Å²) < 4.78 is 0.